The highest BCUT2D eigenvalue weighted by atomic mass is 32.1. The van der Waals surface area contributed by atoms with Gasteiger partial charge in [-0.2, -0.15) is 0 Å². The molecule has 5 heteroatoms. The van der Waals surface area contributed by atoms with Crippen LogP contribution in [-0.4, -0.2) is 5.91 Å². The van der Waals surface area contributed by atoms with Gasteiger partial charge >= 0.3 is 0 Å². The van der Waals surface area contributed by atoms with E-state index in [2.05, 4.69) is 10.0 Å². The highest BCUT2D eigenvalue weighted by molar-refractivity contribution is 7.12. The third kappa shape index (κ3) is 1.58. The van der Waals surface area contributed by atoms with E-state index in [1.54, 1.807) is 12.3 Å². The minimum absolute atomic E-state index is 0.500. The van der Waals surface area contributed by atoms with Gasteiger partial charge in [0.2, 0.25) is 0 Å². The molecule has 0 unspecified atom stereocenters. The van der Waals surface area contributed by atoms with Crippen molar-refractivity contribution in [3.63, 3.8) is 0 Å². The normalized spacial score (nSPS) is 8.82. The van der Waals surface area contributed by atoms with Crippen molar-refractivity contribution < 1.29 is 4.79 Å². The molecule has 0 aliphatic rings. The lowest BCUT2D eigenvalue weighted by Gasteiger charge is -1.87. The molecule has 4 nitrogen and oxygen atoms in total. The van der Waals surface area contributed by atoms with Crippen molar-refractivity contribution in [1.29, 1.82) is 0 Å². The van der Waals surface area contributed by atoms with Gasteiger partial charge in [0, 0.05) is 4.91 Å². The fraction of sp³-hybridized carbons (Fsp3) is 0.167. The Balaban J connectivity index is 3.02. The monoisotopic (exact) mass is 167 g/mol. The van der Waals surface area contributed by atoms with Crippen molar-refractivity contribution in [2.75, 3.05) is 0 Å². The van der Waals surface area contributed by atoms with Gasteiger partial charge in [-0.25, -0.2) is 0 Å². The van der Waals surface area contributed by atoms with E-state index in [-0.39, 0.29) is 0 Å². The van der Waals surface area contributed by atoms with Gasteiger partial charge in [0.25, 0.3) is 5.91 Å². The zero-order valence-electron chi connectivity index (χ0n) is 5.81. The summed E-state index contributed by atoms with van der Waals surface area (Å²) in [7, 11) is 0. The van der Waals surface area contributed by atoms with Crippen molar-refractivity contribution in [3.8, 4) is 0 Å². The number of amides is 1. The van der Waals surface area contributed by atoms with Crippen molar-refractivity contribution in [2.45, 2.75) is 6.92 Å². The van der Waals surface area contributed by atoms with Gasteiger partial charge in [0.15, 0.2) is 0 Å². The van der Waals surface area contributed by atoms with E-state index >= 15 is 0 Å². The minimum atomic E-state index is -0.500. The average molecular weight is 167 g/mol. The number of hydrogen-bond acceptors (Lipinski definition) is 2. The van der Waals surface area contributed by atoms with Gasteiger partial charge in [-0.15, -0.1) is 11.3 Å². The number of carbonyl (C=O) groups excluding carboxylic acids is 1. The molecule has 11 heavy (non-hydrogen) atoms. The zero-order valence-corrected chi connectivity index (χ0v) is 6.63. The van der Waals surface area contributed by atoms with Gasteiger partial charge in [-0.1, -0.05) is 0 Å². The Labute approximate surface area is 67.1 Å². The number of carbonyl (C=O) groups is 1. The second-order valence-corrected chi connectivity index (χ2v) is 2.84. The van der Waals surface area contributed by atoms with E-state index in [9.17, 15) is 4.79 Å². The van der Waals surface area contributed by atoms with E-state index in [1.807, 2.05) is 6.07 Å². The molecule has 0 aromatic carbocycles. The summed E-state index contributed by atoms with van der Waals surface area (Å²) >= 11 is 1.28. The van der Waals surface area contributed by atoms with Crippen LogP contribution in [0.25, 0.3) is 10.4 Å². The van der Waals surface area contributed by atoms with Crippen LogP contribution >= 0.6 is 11.3 Å². The lowest BCUT2D eigenvalue weighted by atomic mass is 10.3. The third-order valence-electron chi connectivity index (χ3n) is 1.19. The van der Waals surface area contributed by atoms with Crippen LogP contribution in [0.3, 0.4) is 0 Å². The molecule has 0 bridgehead atoms. The molecule has 0 saturated heterocycles. The standard InChI is InChI=1S/C6H5N3OS/c1-4-2-3-11-5(4)6(10)8-9-7/h2-3H,1H3. The van der Waals surface area contributed by atoms with Gasteiger partial charge in [-0.05, 0) is 34.6 Å². The number of aryl methyl sites for hydroxylation is 1. The highest BCUT2D eigenvalue weighted by Gasteiger charge is 2.06. The molecule has 0 fully saturated rings. The Kier molecular flexibility index (Phi) is 2.25. The summed E-state index contributed by atoms with van der Waals surface area (Å²) in [5, 5.41) is 4.77. The Bertz CT molecular complexity index is 324. The van der Waals surface area contributed by atoms with Crippen molar-refractivity contribution in [2.24, 2.45) is 5.11 Å². The van der Waals surface area contributed by atoms with Crippen LogP contribution in [0.5, 0.6) is 0 Å². The molecule has 56 valence electrons. The highest BCUT2D eigenvalue weighted by Crippen LogP contribution is 2.16. The summed E-state index contributed by atoms with van der Waals surface area (Å²) < 4.78 is 0. The van der Waals surface area contributed by atoms with Gasteiger partial charge < -0.3 is 0 Å². The molecule has 0 saturated carbocycles. The van der Waals surface area contributed by atoms with Crippen LogP contribution < -0.4 is 0 Å². The van der Waals surface area contributed by atoms with E-state index in [0.29, 0.717) is 4.88 Å². The number of nitrogens with zero attached hydrogens (tertiary/aromatic N) is 3. The maximum atomic E-state index is 10.9. The second kappa shape index (κ2) is 3.18. The Morgan fingerprint density at radius 1 is 1.82 bits per heavy atom. The molecule has 1 aromatic rings. The van der Waals surface area contributed by atoms with Crippen LogP contribution in [0.15, 0.2) is 16.6 Å². The predicted octanol–water partition coefficient (Wildman–Crippen LogP) is 2.51. The van der Waals surface area contributed by atoms with Crippen LogP contribution in [0.4, 0.5) is 0 Å². The van der Waals surface area contributed by atoms with E-state index < -0.39 is 5.91 Å². The average Bonchev–Trinajstić information content (AvgIpc) is 2.36. The number of hydrogen-bond donors (Lipinski definition) is 0. The quantitative estimate of drug-likeness (QED) is 0.360. The first-order valence-corrected chi connectivity index (χ1v) is 3.77. The summed E-state index contributed by atoms with van der Waals surface area (Å²) in [6.45, 7) is 1.80. The van der Waals surface area contributed by atoms with Crippen LogP contribution in [0.2, 0.25) is 0 Å². The molecule has 0 N–H and O–H groups in total. The van der Waals surface area contributed by atoms with Crippen molar-refractivity contribution >= 4 is 17.2 Å². The summed E-state index contributed by atoms with van der Waals surface area (Å²) in [4.78, 5) is 13.8. The predicted molar refractivity (Wildman–Crippen MR) is 42.5 cm³/mol. The molecule has 1 heterocycles. The lowest BCUT2D eigenvalue weighted by Crippen LogP contribution is -1.90. The fourth-order valence-corrected chi connectivity index (χ4v) is 1.48. The molecule has 1 aromatic heterocycles. The first kappa shape index (κ1) is 7.78. The maximum absolute atomic E-state index is 10.9. The Hall–Kier alpha value is -1.32. The molecule has 1 rings (SSSR count). The van der Waals surface area contributed by atoms with Gasteiger partial charge in [0.1, 0.15) is 0 Å². The summed E-state index contributed by atoms with van der Waals surface area (Å²) in [5.74, 6) is -0.500. The summed E-state index contributed by atoms with van der Waals surface area (Å²) in [6.07, 6.45) is 0. The molecule has 0 atom stereocenters. The maximum Gasteiger partial charge on any atom is 0.259 e. The topological polar surface area (TPSA) is 65.8 Å². The fourth-order valence-electron chi connectivity index (χ4n) is 0.678. The number of azide groups is 1. The largest absolute Gasteiger partial charge is 0.286 e. The van der Waals surface area contributed by atoms with Crippen LogP contribution in [-0.2, 0) is 0 Å². The SMILES string of the molecule is Cc1ccsc1C(=O)N=[N+]=[N-]. The molecular formula is C6H5N3OS. The minimum Gasteiger partial charge on any atom is -0.286 e. The van der Waals surface area contributed by atoms with E-state index in [4.69, 9.17) is 5.53 Å². The molecule has 1 amide bonds. The first-order valence-electron chi connectivity index (χ1n) is 2.89. The third-order valence-corrected chi connectivity index (χ3v) is 2.20. The number of thiophene rings is 1. The zero-order chi connectivity index (χ0) is 8.27. The van der Waals surface area contributed by atoms with Gasteiger partial charge in [-0.3, -0.25) is 4.79 Å². The first-order chi connectivity index (χ1) is 5.25. The van der Waals surface area contributed by atoms with Crippen LogP contribution in [0, 0.1) is 6.92 Å². The lowest BCUT2D eigenvalue weighted by molar-refractivity contribution is 0.100. The number of rotatable bonds is 1. The molecule has 0 aliphatic heterocycles. The molecule has 0 aliphatic carbocycles. The Morgan fingerprint density at radius 2 is 2.55 bits per heavy atom. The second-order valence-electron chi connectivity index (χ2n) is 1.93. The summed E-state index contributed by atoms with van der Waals surface area (Å²) in [5.41, 5.74) is 8.82. The smallest absolute Gasteiger partial charge is 0.259 e. The van der Waals surface area contributed by atoms with Crippen LogP contribution in [0.1, 0.15) is 15.2 Å². The van der Waals surface area contributed by atoms with Gasteiger partial charge in [0.05, 0.1) is 4.88 Å². The van der Waals surface area contributed by atoms with E-state index in [1.165, 1.54) is 11.3 Å². The summed E-state index contributed by atoms with van der Waals surface area (Å²) in [6, 6.07) is 1.81. The van der Waals surface area contributed by atoms with E-state index in [0.717, 1.165) is 5.56 Å². The van der Waals surface area contributed by atoms with Crippen molar-refractivity contribution in [1.82, 2.24) is 0 Å². The molecule has 0 radical (unpaired) electrons. The Morgan fingerprint density at radius 3 is 3.00 bits per heavy atom. The van der Waals surface area contributed by atoms with Crippen molar-refractivity contribution in [3.05, 3.63) is 32.3 Å². The molecular weight excluding hydrogens is 162 g/mol. The molecule has 0 spiro atoms.